The van der Waals surface area contributed by atoms with Crippen LogP contribution in [0.2, 0.25) is 0 Å². The van der Waals surface area contributed by atoms with Crippen molar-refractivity contribution in [2.24, 2.45) is 5.92 Å². The van der Waals surface area contributed by atoms with E-state index in [1.165, 1.54) is 0 Å². The molecule has 2 atom stereocenters. The number of aliphatic hydroxyl groups is 1. The van der Waals surface area contributed by atoms with Crippen molar-refractivity contribution in [3.05, 3.63) is 30.2 Å². The minimum atomic E-state index is -0.294. The molecule has 24 heavy (non-hydrogen) atoms. The van der Waals surface area contributed by atoms with Crippen LogP contribution >= 0.6 is 0 Å². The fraction of sp³-hybridized carbons (Fsp3) is 0.471. The smallest absolute Gasteiger partial charge is 0.321 e. The lowest BCUT2D eigenvalue weighted by Crippen LogP contribution is -2.37. The van der Waals surface area contributed by atoms with E-state index in [4.69, 9.17) is 4.42 Å². The first-order valence-electron chi connectivity index (χ1n) is 8.13. The molecule has 0 saturated heterocycles. The topological polar surface area (TPSA) is 91.5 Å². The van der Waals surface area contributed by atoms with Crippen molar-refractivity contribution < 1.29 is 14.3 Å². The number of aliphatic hydroxyl groups excluding tert-OH is 1. The molecule has 0 radical (unpaired) electrons. The van der Waals surface area contributed by atoms with Crippen molar-refractivity contribution in [2.75, 3.05) is 18.9 Å². The molecule has 1 aromatic heterocycles. The summed E-state index contributed by atoms with van der Waals surface area (Å²) in [7, 11) is 1.75. The number of rotatable bonds is 4. The quantitative estimate of drug-likeness (QED) is 0.899. The van der Waals surface area contributed by atoms with E-state index in [0.717, 1.165) is 24.8 Å². The number of carbonyl (C=O) groups is 1. The highest BCUT2D eigenvalue weighted by Gasteiger charge is 2.27. The van der Waals surface area contributed by atoms with Crippen LogP contribution < -0.4 is 5.32 Å². The summed E-state index contributed by atoms with van der Waals surface area (Å²) in [6, 6.07) is 7.05. The zero-order valence-electron chi connectivity index (χ0n) is 13.9. The number of aromatic nitrogens is 2. The number of nitrogens with zero attached hydrogens (tertiary/aromatic N) is 3. The summed E-state index contributed by atoms with van der Waals surface area (Å²) in [6.07, 6.45) is 2.53. The van der Waals surface area contributed by atoms with Gasteiger partial charge in [-0.25, -0.2) is 4.79 Å². The molecule has 2 aromatic rings. The number of aryl methyl sites for hydroxylation is 1. The molecule has 1 aliphatic rings. The SMILES string of the molecule is Cc1nnc(-c2ccc(NC(=O)N(C)CC3CCCC3O)cc2)o1. The molecule has 2 N–H and O–H groups in total. The van der Waals surface area contributed by atoms with Gasteiger partial charge in [0.05, 0.1) is 6.10 Å². The molecule has 128 valence electrons. The summed E-state index contributed by atoms with van der Waals surface area (Å²) in [5.74, 6) is 1.14. The average Bonchev–Trinajstić information content (AvgIpc) is 3.17. The minimum Gasteiger partial charge on any atom is -0.421 e. The van der Waals surface area contributed by atoms with E-state index in [0.29, 0.717) is 24.0 Å². The summed E-state index contributed by atoms with van der Waals surface area (Å²) in [4.78, 5) is 13.9. The third-order valence-corrected chi connectivity index (χ3v) is 4.38. The molecule has 1 aliphatic carbocycles. The van der Waals surface area contributed by atoms with Gasteiger partial charge in [-0.15, -0.1) is 10.2 Å². The maximum absolute atomic E-state index is 12.3. The van der Waals surface area contributed by atoms with E-state index in [1.807, 2.05) is 12.1 Å². The maximum atomic E-state index is 12.3. The third kappa shape index (κ3) is 3.73. The van der Waals surface area contributed by atoms with Gasteiger partial charge in [-0.1, -0.05) is 6.42 Å². The molecule has 7 nitrogen and oxygen atoms in total. The van der Waals surface area contributed by atoms with Crippen molar-refractivity contribution >= 4 is 11.7 Å². The predicted molar refractivity (Wildman–Crippen MR) is 89.5 cm³/mol. The zero-order chi connectivity index (χ0) is 17.1. The molecule has 0 aliphatic heterocycles. The number of hydrogen-bond acceptors (Lipinski definition) is 5. The van der Waals surface area contributed by atoms with Gasteiger partial charge in [-0.2, -0.15) is 0 Å². The van der Waals surface area contributed by atoms with E-state index in [9.17, 15) is 9.90 Å². The standard InChI is InChI=1S/C17H22N4O3/c1-11-19-20-16(24-11)12-6-8-14(9-7-12)18-17(23)21(2)10-13-4-3-5-15(13)22/h6-9,13,15,22H,3-5,10H2,1-2H3,(H,18,23). The summed E-state index contributed by atoms with van der Waals surface area (Å²) < 4.78 is 5.37. The zero-order valence-corrected chi connectivity index (χ0v) is 13.9. The lowest BCUT2D eigenvalue weighted by atomic mass is 10.1. The van der Waals surface area contributed by atoms with Gasteiger partial charge in [0.15, 0.2) is 0 Å². The summed E-state index contributed by atoms with van der Waals surface area (Å²) >= 11 is 0. The fourth-order valence-corrected chi connectivity index (χ4v) is 2.99. The van der Waals surface area contributed by atoms with Gasteiger partial charge in [0.2, 0.25) is 11.8 Å². The number of nitrogens with one attached hydrogen (secondary N) is 1. The van der Waals surface area contributed by atoms with Crippen molar-refractivity contribution in [2.45, 2.75) is 32.3 Å². The molecule has 1 saturated carbocycles. The van der Waals surface area contributed by atoms with Crippen LogP contribution in [-0.4, -0.2) is 45.9 Å². The molecule has 3 rings (SSSR count). The van der Waals surface area contributed by atoms with Crippen LogP contribution in [-0.2, 0) is 0 Å². The van der Waals surface area contributed by atoms with Crippen molar-refractivity contribution in [3.63, 3.8) is 0 Å². The fourth-order valence-electron chi connectivity index (χ4n) is 2.99. The van der Waals surface area contributed by atoms with Gasteiger partial charge in [0.1, 0.15) is 0 Å². The number of anilines is 1. The maximum Gasteiger partial charge on any atom is 0.321 e. The molecule has 0 spiro atoms. The van der Waals surface area contributed by atoms with Gasteiger partial charge >= 0.3 is 6.03 Å². The molecule has 7 heteroatoms. The van der Waals surface area contributed by atoms with Crippen LogP contribution in [0.1, 0.15) is 25.2 Å². The Balaban J connectivity index is 1.58. The van der Waals surface area contributed by atoms with Gasteiger partial charge in [-0.05, 0) is 37.1 Å². The molecule has 0 bridgehead atoms. The molecular weight excluding hydrogens is 308 g/mol. The minimum absolute atomic E-state index is 0.170. The Labute approximate surface area is 140 Å². The average molecular weight is 330 g/mol. The Morgan fingerprint density at radius 3 is 2.67 bits per heavy atom. The summed E-state index contributed by atoms with van der Waals surface area (Å²) in [5, 5.41) is 20.5. The predicted octanol–water partition coefficient (Wildman–Crippen LogP) is 2.67. The second-order valence-corrected chi connectivity index (χ2v) is 6.27. The van der Waals surface area contributed by atoms with Crippen molar-refractivity contribution in [1.29, 1.82) is 0 Å². The van der Waals surface area contributed by atoms with Gasteiger partial charge < -0.3 is 19.7 Å². The highest BCUT2D eigenvalue weighted by atomic mass is 16.4. The largest absolute Gasteiger partial charge is 0.421 e. The summed E-state index contributed by atoms with van der Waals surface area (Å²) in [5.41, 5.74) is 1.50. The van der Waals surface area contributed by atoms with E-state index in [2.05, 4.69) is 15.5 Å². The van der Waals surface area contributed by atoms with E-state index < -0.39 is 0 Å². The van der Waals surface area contributed by atoms with Crippen LogP contribution in [0.3, 0.4) is 0 Å². The first-order valence-corrected chi connectivity index (χ1v) is 8.13. The number of benzene rings is 1. The first kappa shape index (κ1) is 16.4. The number of hydrogen-bond donors (Lipinski definition) is 2. The van der Waals surface area contributed by atoms with E-state index in [-0.39, 0.29) is 18.1 Å². The van der Waals surface area contributed by atoms with Crippen molar-refractivity contribution in [3.8, 4) is 11.5 Å². The Kier molecular flexibility index (Phi) is 4.80. The highest BCUT2D eigenvalue weighted by molar-refractivity contribution is 5.89. The highest BCUT2D eigenvalue weighted by Crippen LogP contribution is 2.26. The lowest BCUT2D eigenvalue weighted by Gasteiger charge is -2.23. The number of urea groups is 1. The monoisotopic (exact) mass is 330 g/mol. The van der Waals surface area contributed by atoms with Crippen LogP contribution in [0.15, 0.2) is 28.7 Å². The number of carbonyl (C=O) groups excluding carboxylic acids is 1. The van der Waals surface area contributed by atoms with Crippen LogP contribution in [0.5, 0.6) is 0 Å². The molecule has 1 fully saturated rings. The van der Waals surface area contributed by atoms with Gasteiger partial charge in [-0.3, -0.25) is 0 Å². The van der Waals surface area contributed by atoms with Crippen LogP contribution in [0, 0.1) is 12.8 Å². The molecule has 1 aromatic carbocycles. The molecule has 2 amide bonds. The van der Waals surface area contributed by atoms with Crippen LogP contribution in [0.4, 0.5) is 10.5 Å². The Bertz CT molecular complexity index is 698. The lowest BCUT2D eigenvalue weighted by molar-refractivity contribution is 0.116. The Hall–Kier alpha value is -2.41. The Morgan fingerprint density at radius 2 is 2.08 bits per heavy atom. The normalized spacial score (nSPS) is 20.1. The Morgan fingerprint density at radius 1 is 1.33 bits per heavy atom. The number of amides is 2. The van der Waals surface area contributed by atoms with E-state index >= 15 is 0 Å². The summed E-state index contributed by atoms with van der Waals surface area (Å²) in [6.45, 7) is 2.30. The molecular formula is C17H22N4O3. The first-order chi connectivity index (χ1) is 11.5. The van der Waals surface area contributed by atoms with Gasteiger partial charge in [0.25, 0.3) is 0 Å². The second kappa shape index (κ2) is 7.00. The van der Waals surface area contributed by atoms with Gasteiger partial charge in [0, 0.05) is 37.7 Å². The third-order valence-electron chi connectivity index (χ3n) is 4.38. The second-order valence-electron chi connectivity index (χ2n) is 6.27. The van der Waals surface area contributed by atoms with Crippen molar-refractivity contribution in [1.82, 2.24) is 15.1 Å². The molecule has 2 unspecified atom stereocenters. The van der Waals surface area contributed by atoms with E-state index in [1.54, 1.807) is 31.0 Å². The molecule has 1 heterocycles. The van der Waals surface area contributed by atoms with Crippen LogP contribution in [0.25, 0.3) is 11.5 Å².